The van der Waals surface area contributed by atoms with Gasteiger partial charge in [0.25, 0.3) is 0 Å². The molecular weight excluding hydrogens is 214 g/mol. The number of rotatable bonds is 4. The maximum atomic E-state index is 11.9. The summed E-state index contributed by atoms with van der Waals surface area (Å²) < 4.78 is 0. The van der Waals surface area contributed by atoms with Crippen molar-refractivity contribution in [1.82, 2.24) is 4.90 Å². The fourth-order valence-corrected chi connectivity index (χ4v) is 2.77. The van der Waals surface area contributed by atoms with E-state index in [1.165, 1.54) is 0 Å². The number of likely N-dealkylation sites (N-methyl/N-ethyl adjacent to an activating group) is 1. The Morgan fingerprint density at radius 1 is 1.73 bits per heavy atom. The molecule has 15 heavy (non-hydrogen) atoms. The van der Waals surface area contributed by atoms with Crippen molar-refractivity contribution in [3.8, 4) is 0 Å². The molecular formula is C9H17N3O2S. The molecule has 1 aliphatic heterocycles. The van der Waals surface area contributed by atoms with Crippen molar-refractivity contribution in [1.29, 1.82) is 0 Å². The van der Waals surface area contributed by atoms with Crippen LogP contribution < -0.4 is 5.73 Å². The third-order valence-corrected chi connectivity index (χ3v) is 3.62. The van der Waals surface area contributed by atoms with Gasteiger partial charge in [0.15, 0.2) is 5.84 Å². The number of carbonyl (C=O) groups is 1. The van der Waals surface area contributed by atoms with Gasteiger partial charge >= 0.3 is 0 Å². The molecule has 1 aliphatic rings. The van der Waals surface area contributed by atoms with Crippen LogP contribution in [0.2, 0.25) is 0 Å². The minimum absolute atomic E-state index is 0.0795. The van der Waals surface area contributed by atoms with Crippen LogP contribution in [-0.4, -0.2) is 46.4 Å². The maximum absolute atomic E-state index is 11.9. The largest absolute Gasteiger partial charge is 0.409 e. The summed E-state index contributed by atoms with van der Waals surface area (Å²) in [4.78, 5) is 13.6. The van der Waals surface area contributed by atoms with Gasteiger partial charge in [0.05, 0.1) is 6.54 Å². The van der Waals surface area contributed by atoms with E-state index < -0.39 is 0 Å². The second-order valence-electron chi connectivity index (χ2n) is 3.50. The molecule has 1 rings (SSSR count). The first-order chi connectivity index (χ1) is 7.19. The van der Waals surface area contributed by atoms with Gasteiger partial charge in [-0.2, -0.15) is 11.8 Å². The summed E-state index contributed by atoms with van der Waals surface area (Å²) in [6.45, 7) is 2.70. The number of nitrogens with zero attached hydrogens (tertiary/aromatic N) is 2. The molecule has 1 amide bonds. The van der Waals surface area contributed by atoms with Crippen LogP contribution in [0.1, 0.15) is 13.3 Å². The van der Waals surface area contributed by atoms with Crippen LogP contribution in [-0.2, 0) is 4.79 Å². The second-order valence-corrected chi connectivity index (χ2v) is 4.65. The van der Waals surface area contributed by atoms with E-state index in [4.69, 9.17) is 10.9 Å². The third kappa shape index (κ3) is 3.30. The van der Waals surface area contributed by atoms with E-state index in [1.807, 2.05) is 6.92 Å². The number of amidine groups is 1. The Morgan fingerprint density at radius 2 is 2.47 bits per heavy atom. The third-order valence-electron chi connectivity index (χ3n) is 2.45. The molecule has 86 valence electrons. The minimum Gasteiger partial charge on any atom is -0.409 e. The monoisotopic (exact) mass is 231 g/mol. The van der Waals surface area contributed by atoms with Gasteiger partial charge in [-0.25, -0.2) is 0 Å². The molecule has 0 aromatic heterocycles. The lowest BCUT2D eigenvalue weighted by molar-refractivity contribution is -0.133. The topological polar surface area (TPSA) is 78.9 Å². The number of hydrogen-bond acceptors (Lipinski definition) is 4. The predicted octanol–water partition coefficient (Wildman–Crippen LogP) is 0.334. The fourth-order valence-electron chi connectivity index (χ4n) is 1.56. The van der Waals surface area contributed by atoms with E-state index in [0.29, 0.717) is 6.54 Å². The van der Waals surface area contributed by atoms with Gasteiger partial charge in [-0.15, -0.1) is 0 Å². The molecule has 0 spiro atoms. The van der Waals surface area contributed by atoms with Crippen LogP contribution in [0.25, 0.3) is 0 Å². The first-order valence-electron chi connectivity index (χ1n) is 5.02. The Bertz CT molecular complexity index is 252. The number of amides is 1. The molecule has 1 unspecified atom stereocenters. The summed E-state index contributed by atoms with van der Waals surface area (Å²) in [5.41, 5.74) is 5.39. The number of oxime groups is 1. The highest BCUT2D eigenvalue weighted by Crippen LogP contribution is 2.24. The summed E-state index contributed by atoms with van der Waals surface area (Å²) in [6, 6.07) is 0. The second kappa shape index (κ2) is 5.85. The summed E-state index contributed by atoms with van der Waals surface area (Å²) >= 11 is 1.80. The summed E-state index contributed by atoms with van der Waals surface area (Å²) in [5.74, 6) is 2.26. The van der Waals surface area contributed by atoms with Crippen molar-refractivity contribution >= 4 is 23.5 Å². The van der Waals surface area contributed by atoms with Crippen molar-refractivity contribution in [2.24, 2.45) is 16.8 Å². The van der Waals surface area contributed by atoms with Crippen molar-refractivity contribution in [3.05, 3.63) is 0 Å². The Kier molecular flexibility index (Phi) is 4.74. The van der Waals surface area contributed by atoms with Crippen molar-refractivity contribution in [2.75, 3.05) is 24.6 Å². The van der Waals surface area contributed by atoms with Gasteiger partial charge in [0.1, 0.15) is 0 Å². The summed E-state index contributed by atoms with van der Waals surface area (Å²) in [7, 11) is 0. The first kappa shape index (κ1) is 12.2. The molecule has 0 aliphatic carbocycles. The van der Waals surface area contributed by atoms with E-state index in [0.717, 1.165) is 17.9 Å². The Morgan fingerprint density at radius 3 is 2.93 bits per heavy atom. The lowest BCUT2D eigenvalue weighted by Gasteiger charge is -2.23. The van der Waals surface area contributed by atoms with E-state index in [9.17, 15) is 4.79 Å². The van der Waals surface area contributed by atoms with Crippen LogP contribution in [0.5, 0.6) is 0 Å². The normalized spacial score (nSPS) is 21.7. The van der Waals surface area contributed by atoms with E-state index >= 15 is 0 Å². The number of thioether (sulfide) groups is 1. The number of nitrogens with two attached hydrogens (primary N) is 1. The molecule has 1 heterocycles. The first-order valence-corrected chi connectivity index (χ1v) is 6.17. The SMILES string of the molecule is CCN(CC(N)=NO)C(=O)C1CCSC1. The van der Waals surface area contributed by atoms with Crippen LogP contribution in [0, 0.1) is 5.92 Å². The average Bonchev–Trinajstić information content (AvgIpc) is 2.77. The highest BCUT2D eigenvalue weighted by Gasteiger charge is 2.27. The molecule has 0 radical (unpaired) electrons. The van der Waals surface area contributed by atoms with Crippen LogP contribution in [0.4, 0.5) is 0 Å². The lowest BCUT2D eigenvalue weighted by Crippen LogP contribution is -2.41. The molecule has 1 atom stereocenters. The van der Waals surface area contributed by atoms with Gasteiger partial charge in [-0.05, 0) is 19.1 Å². The van der Waals surface area contributed by atoms with Gasteiger partial charge in [-0.1, -0.05) is 5.16 Å². The molecule has 0 aromatic rings. The number of hydrogen-bond donors (Lipinski definition) is 2. The number of carbonyl (C=O) groups excluding carboxylic acids is 1. The van der Waals surface area contributed by atoms with Crippen LogP contribution in [0.15, 0.2) is 5.16 Å². The van der Waals surface area contributed by atoms with E-state index in [1.54, 1.807) is 16.7 Å². The zero-order valence-electron chi connectivity index (χ0n) is 8.85. The Balaban J connectivity index is 2.53. The van der Waals surface area contributed by atoms with Gasteiger partial charge < -0.3 is 15.8 Å². The maximum Gasteiger partial charge on any atom is 0.226 e. The lowest BCUT2D eigenvalue weighted by atomic mass is 10.1. The minimum atomic E-state index is 0.0795. The Labute approximate surface area is 93.7 Å². The van der Waals surface area contributed by atoms with Crippen LogP contribution >= 0.6 is 11.8 Å². The quantitative estimate of drug-likeness (QED) is 0.316. The smallest absolute Gasteiger partial charge is 0.226 e. The van der Waals surface area contributed by atoms with Crippen molar-refractivity contribution < 1.29 is 10.0 Å². The Hall–Kier alpha value is -0.910. The molecule has 1 fully saturated rings. The zero-order valence-corrected chi connectivity index (χ0v) is 9.66. The molecule has 6 heteroatoms. The molecule has 0 aromatic carbocycles. The highest BCUT2D eigenvalue weighted by atomic mass is 32.2. The van der Waals surface area contributed by atoms with Gasteiger partial charge in [-0.3, -0.25) is 4.79 Å². The van der Waals surface area contributed by atoms with Gasteiger partial charge in [0.2, 0.25) is 5.91 Å². The highest BCUT2D eigenvalue weighted by molar-refractivity contribution is 7.99. The zero-order chi connectivity index (χ0) is 11.3. The fraction of sp³-hybridized carbons (Fsp3) is 0.778. The van der Waals surface area contributed by atoms with E-state index in [2.05, 4.69) is 5.16 Å². The molecule has 5 nitrogen and oxygen atoms in total. The van der Waals surface area contributed by atoms with Crippen LogP contribution in [0.3, 0.4) is 0 Å². The van der Waals surface area contributed by atoms with Gasteiger partial charge in [0, 0.05) is 18.2 Å². The average molecular weight is 231 g/mol. The van der Waals surface area contributed by atoms with Crippen molar-refractivity contribution in [2.45, 2.75) is 13.3 Å². The molecule has 0 bridgehead atoms. The van der Waals surface area contributed by atoms with Crippen molar-refractivity contribution in [3.63, 3.8) is 0 Å². The molecule has 0 saturated carbocycles. The molecule has 3 N–H and O–H groups in total. The summed E-state index contributed by atoms with van der Waals surface area (Å²) in [5, 5.41) is 11.3. The molecule has 1 saturated heterocycles. The summed E-state index contributed by atoms with van der Waals surface area (Å²) in [6.07, 6.45) is 0.941. The standard InChI is InChI=1S/C9H17N3O2S/c1-2-12(5-8(10)11-14)9(13)7-3-4-15-6-7/h7,14H,2-6H2,1H3,(H2,10,11). The predicted molar refractivity (Wildman–Crippen MR) is 61.1 cm³/mol. The van der Waals surface area contributed by atoms with E-state index in [-0.39, 0.29) is 24.2 Å².